The number of methoxy groups -OCH3 is 2. The van der Waals surface area contributed by atoms with Crippen molar-refractivity contribution in [3.63, 3.8) is 0 Å². The molecule has 1 aromatic rings. The number of hydrogen-bond donors (Lipinski definition) is 0. The number of nitrogens with zero attached hydrogens (tertiary/aromatic N) is 3. The SMILES string of the molecule is COC(=O)[C@]1(N=[N+]=[N-])[C@@H]2OC(C)(C)O[C@@H]2O[C@@H]1COc1ccc(OC)cc1. The van der Waals surface area contributed by atoms with Gasteiger partial charge < -0.3 is 28.4 Å². The summed E-state index contributed by atoms with van der Waals surface area (Å²) < 4.78 is 33.0. The van der Waals surface area contributed by atoms with Crippen LogP contribution < -0.4 is 9.47 Å². The smallest absolute Gasteiger partial charge is 0.323 e. The van der Waals surface area contributed by atoms with E-state index in [9.17, 15) is 4.79 Å². The van der Waals surface area contributed by atoms with Crippen molar-refractivity contribution in [3.05, 3.63) is 34.7 Å². The first-order valence-electron chi connectivity index (χ1n) is 8.29. The van der Waals surface area contributed by atoms with Gasteiger partial charge >= 0.3 is 5.97 Å². The Kier molecular flexibility index (Phi) is 5.16. The highest BCUT2D eigenvalue weighted by Crippen LogP contribution is 2.46. The Morgan fingerprint density at radius 3 is 2.48 bits per heavy atom. The van der Waals surface area contributed by atoms with Crippen LogP contribution in [0.4, 0.5) is 0 Å². The highest BCUT2D eigenvalue weighted by molar-refractivity contribution is 5.83. The first kappa shape index (κ1) is 19.2. The molecule has 2 fully saturated rings. The first-order chi connectivity index (χ1) is 12.9. The number of benzene rings is 1. The van der Waals surface area contributed by atoms with Crippen molar-refractivity contribution in [3.8, 4) is 11.5 Å². The van der Waals surface area contributed by atoms with Crippen molar-refractivity contribution in [2.45, 2.75) is 43.7 Å². The molecule has 10 heteroatoms. The zero-order chi connectivity index (χ0) is 19.7. The molecule has 0 amide bonds. The van der Waals surface area contributed by atoms with Crippen molar-refractivity contribution >= 4 is 5.97 Å². The maximum atomic E-state index is 12.6. The Morgan fingerprint density at radius 1 is 1.22 bits per heavy atom. The third-order valence-electron chi connectivity index (χ3n) is 4.46. The molecule has 0 spiro atoms. The zero-order valence-electron chi connectivity index (χ0n) is 15.4. The lowest BCUT2D eigenvalue weighted by molar-refractivity contribution is -0.216. The first-order valence-corrected chi connectivity index (χ1v) is 8.29. The molecule has 2 aliphatic heterocycles. The monoisotopic (exact) mass is 379 g/mol. The van der Waals surface area contributed by atoms with Gasteiger partial charge in [-0.05, 0) is 43.6 Å². The molecule has 2 saturated heterocycles. The van der Waals surface area contributed by atoms with Crippen LogP contribution in [0.1, 0.15) is 13.8 Å². The fourth-order valence-corrected chi connectivity index (χ4v) is 3.23. The number of carbonyl (C=O) groups is 1. The van der Waals surface area contributed by atoms with E-state index in [1.165, 1.54) is 7.11 Å². The molecule has 3 rings (SSSR count). The summed E-state index contributed by atoms with van der Waals surface area (Å²) in [6.07, 6.45) is -2.82. The summed E-state index contributed by atoms with van der Waals surface area (Å²) in [5.41, 5.74) is 7.32. The van der Waals surface area contributed by atoms with Crippen molar-refractivity contribution in [1.29, 1.82) is 0 Å². The number of hydrogen-bond acceptors (Lipinski definition) is 8. The topological polar surface area (TPSA) is 121 Å². The zero-order valence-corrected chi connectivity index (χ0v) is 15.4. The van der Waals surface area contributed by atoms with Gasteiger partial charge in [0.1, 0.15) is 30.3 Å². The average molecular weight is 379 g/mol. The summed E-state index contributed by atoms with van der Waals surface area (Å²) >= 11 is 0. The van der Waals surface area contributed by atoms with Crippen molar-refractivity contribution in [1.82, 2.24) is 0 Å². The van der Waals surface area contributed by atoms with Crippen LogP contribution in [0.15, 0.2) is 29.4 Å². The maximum Gasteiger partial charge on any atom is 0.323 e. The normalized spacial score (nSPS) is 30.9. The lowest BCUT2D eigenvalue weighted by Crippen LogP contribution is -2.55. The predicted octanol–water partition coefficient (Wildman–Crippen LogP) is 2.17. The molecular weight excluding hydrogens is 358 g/mol. The molecule has 0 bridgehead atoms. The van der Waals surface area contributed by atoms with E-state index in [2.05, 4.69) is 10.0 Å². The lowest BCUT2D eigenvalue weighted by Gasteiger charge is -2.31. The van der Waals surface area contributed by atoms with Crippen LogP contribution in [0.3, 0.4) is 0 Å². The molecule has 0 aromatic heterocycles. The Hall–Kier alpha value is -2.52. The summed E-state index contributed by atoms with van der Waals surface area (Å²) in [6.45, 7) is 3.27. The van der Waals surface area contributed by atoms with Crippen LogP contribution in [0.2, 0.25) is 0 Å². The minimum absolute atomic E-state index is 0.0827. The molecule has 0 N–H and O–H groups in total. The van der Waals surface area contributed by atoms with Gasteiger partial charge in [-0.15, -0.1) is 0 Å². The van der Waals surface area contributed by atoms with Gasteiger partial charge in [0.05, 0.1) is 14.2 Å². The minimum atomic E-state index is -1.77. The van der Waals surface area contributed by atoms with E-state index in [4.69, 9.17) is 34.0 Å². The second-order valence-corrected chi connectivity index (χ2v) is 6.54. The number of fused-ring (bicyclic) bond motifs is 1. The molecule has 146 valence electrons. The van der Waals surface area contributed by atoms with Gasteiger partial charge in [0.2, 0.25) is 5.54 Å². The van der Waals surface area contributed by atoms with Gasteiger partial charge in [-0.25, -0.2) is 0 Å². The number of esters is 1. The second-order valence-electron chi connectivity index (χ2n) is 6.54. The molecule has 10 nitrogen and oxygen atoms in total. The standard InChI is InChI=1S/C17H21N3O7/c1-16(2)26-13-14(27-16)25-12(17(13,19-20-18)15(21)23-4)9-24-11-7-5-10(22-3)6-8-11/h5-8,12-14H,9H2,1-4H3/t12-,13-,14+,17-/m1/s1. The van der Waals surface area contributed by atoms with Gasteiger partial charge in [0, 0.05) is 4.91 Å². The van der Waals surface area contributed by atoms with Gasteiger partial charge in [0.25, 0.3) is 0 Å². The molecule has 0 saturated carbocycles. The average Bonchev–Trinajstić information content (AvgIpc) is 3.10. The molecule has 0 unspecified atom stereocenters. The van der Waals surface area contributed by atoms with E-state index in [-0.39, 0.29) is 6.61 Å². The summed E-state index contributed by atoms with van der Waals surface area (Å²) in [7, 11) is 2.76. The van der Waals surface area contributed by atoms with Crippen molar-refractivity contribution in [2.24, 2.45) is 5.11 Å². The molecule has 2 heterocycles. The number of rotatable bonds is 6. The van der Waals surface area contributed by atoms with Crippen molar-refractivity contribution < 1.29 is 33.2 Å². The third-order valence-corrected chi connectivity index (χ3v) is 4.46. The van der Waals surface area contributed by atoms with E-state index < -0.39 is 35.8 Å². The van der Waals surface area contributed by atoms with Crippen molar-refractivity contribution in [2.75, 3.05) is 20.8 Å². The third kappa shape index (κ3) is 3.40. The maximum absolute atomic E-state index is 12.6. The van der Waals surface area contributed by atoms with Gasteiger partial charge in [-0.1, -0.05) is 5.11 Å². The Balaban J connectivity index is 1.86. The van der Waals surface area contributed by atoms with Gasteiger partial charge in [0.15, 0.2) is 12.1 Å². The summed E-state index contributed by atoms with van der Waals surface area (Å²) in [5.74, 6) is -0.576. The van der Waals surface area contributed by atoms with E-state index in [0.717, 1.165) is 0 Å². The Labute approximate surface area is 155 Å². The summed E-state index contributed by atoms with van der Waals surface area (Å²) in [6, 6.07) is 6.88. The summed E-state index contributed by atoms with van der Waals surface area (Å²) in [5, 5.41) is 3.73. The molecule has 0 aliphatic carbocycles. The fraction of sp³-hybridized carbons (Fsp3) is 0.588. The predicted molar refractivity (Wildman–Crippen MR) is 91.1 cm³/mol. The van der Waals surface area contributed by atoms with Gasteiger partial charge in [-0.3, -0.25) is 4.79 Å². The highest BCUT2D eigenvalue weighted by atomic mass is 16.8. The van der Waals surface area contributed by atoms with Crippen LogP contribution in [0.5, 0.6) is 11.5 Å². The quantitative estimate of drug-likeness (QED) is 0.321. The number of carbonyl (C=O) groups excluding carboxylic acids is 1. The highest BCUT2D eigenvalue weighted by Gasteiger charge is 2.68. The molecule has 0 radical (unpaired) electrons. The fourth-order valence-electron chi connectivity index (χ4n) is 3.23. The minimum Gasteiger partial charge on any atom is -0.497 e. The van der Waals surface area contributed by atoms with Gasteiger partial charge in [-0.2, -0.15) is 0 Å². The van der Waals surface area contributed by atoms with E-state index in [1.54, 1.807) is 45.2 Å². The Morgan fingerprint density at radius 2 is 1.89 bits per heavy atom. The molecule has 1 aromatic carbocycles. The molecule has 4 atom stereocenters. The molecular formula is C17H21N3O7. The number of ether oxygens (including phenoxy) is 6. The van der Waals surface area contributed by atoms with Crippen LogP contribution >= 0.6 is 0 Å². The van der Waals surface area contributed by atoms with Crippen LogP contribution in [-0.4, -0.2) is 56.6 Å². The Bertz CT molecular complexity index is 747. The molecule has 2 aliphatic rings. The summed E-state index contributed by atoms with van der Waals surface area (Å²) in [4.78, 5) is 15.4. The van der Waals surface area contributed by atoms with E-state index in [0.29, 0.717) is 11.5 Å². The van der Waals surface area contributed by atoms with Crippen LogP contribution in [0, 0.1) is 0 Å². The van der Waals surface area contributed by atoms with E-state index in [1.807, 2.05) is 0 Å². The van der Waals surface area contributed by atoms with Crippen LogP contribution in [-0.2, 0) is 23.7 Å². The number of azide groups is 1. The largest absolute Gasteiger partial charge is 0.497 e. The van der Waals surface area contributed by atoms with E-state index >= 15 is 0 Å². The molecule has 27 heavy (non-hydrogen) atoms. The lowest BCUT2D eigenvalue weighted by atomic mass is 9.89. The van der Waals surface area contributed by atoms with Crippen LogP contribution in [0.25, 0.3) is 10.4 Å². The second kappa shape index (κ2) is 7.24.